The zero-order valence-corrected chi connectivity index (χ0v) is 10.7. The highest BCUT2D eigenvalue weighted by Crippen LogP contribution is 2.12. The molecule has 1 rings (SSSR count). The highest BCUT2D eigenvalue weighted by molar-refractivity contribution is 6.17. The van der Waals surface area contributed by atoms with Crippen molar-refractivity contribution in [1.29, 1.82) is 0 Å². The maximum absolute atomic E-state index is 5.28. The van der Waals surface area contributed by atoms with Gasteiger partial charge in [0.15, 0.2) is 0 Å². The van der Waals surface area contributed by atoms with Crippen LogP contribution in [0.5, 0.6) is 0 Å². The van der Waals surface area contributed by atoms with E-state index >= 15 is 0 Å². The number of aryl methyl sites for hydroxylation is 2. The van der Waals surface area contributed by atoms with Crippen LogP contribution in [0.1, 0.15) is 30.5 Å². The highest BCUT2D eigenvalue weighted by atomic mass is 35.5. The summed E-state index contributed by atoms with van der Waals surface area (Å²) in [6.45, 7) is 8.05. The second kappa shape index (κ2) is 7.30. The van der Waals surface area contributed by atoms with Crippen molar-refractivity contribution in [2.75, 3.05) is 7.05 Å². The van der Waals surface area contributed by atoms with Gasteiger partial charge in [-0.15, -0.1) is 0 Å². The van der Waals surface area contributed by atoms with E-state index in [1.807, 2.05) is 39.8 Å². The molecule has 0 aromatic heterocycles. The summed E-state index contributed by atoms with van der Waals surface area (Å²) >= 11 is 5.28. The molecule has 0 N–H and O–H groups in total. The van der Waals surface area contributed by atoms with Gasteiger partial charge in [0, 0.05) is 12.6 Å². The quantitative estimate of drug-likeness (QED) is 0.527. The first-order valence-electron chi connectivity index (χ1n) is 5.02. The minimum Gasteiger partial charge on any atom is -0.365 e. The third kappa shape index (κ3) is 3.92. The van der Waals surface area contributed by atoms with Crippen LogP contribution in [0, 0.1) is 13.8 Å². The van der Waals surface area contributed by atoms with Crippen molar-refractivity contribution in [1.82, 2.24) is 0 Å². The van der Waals surface area contributed by atoms with Crippen LogP contribution in [-0.4, -0.2) is 12.9 Å². The third-order valence-corrected chi connectivity index (χ3v) is 2.03. The number of nitrogens with zero attached hydrogens (tertiary/aromatic N) is 1. The molecule has 0 aliphatic heterocycles. The first-order valence-corrected chi connectivity index (χ1v) is 5.33. The second-order valence-electron chi connectivity index (χ2n) is 2.92. The Labute approximate surface area is 97.1 Å². The molecular weight excluding hydrogens is 210 g/mol. The summed E-state index contributed by atoms with van der Waals surface area (Å²) in [6.07, 6.45) is 0. The molecule has 0 saturated carbocycles. The van der Waals surface area contributed by atoms with E-state index in [9.17, 15) is 0 Å². The van der Waals surface area contributed by atoms with Crippen LogP contribution in [0.4, 0.5) is 0 Å². The minimum absolute atomic E-state index is 0.458. The Morgan fingerprint density at radius 2 is 1.87 bits per heavy atom. The first-order chi connectivity index (χ1) is 7.19. The van der Waals surface area contributed by atoms with Crippen molar-refractivity contribution in [2.24, 2.45) is 4.99 Å². The molecule has 0 fully saturated rings. The number of halogens is 1. The van der Waals surface area contributed by atoms with Crippen LogP contribution in [0.3, 0.4) is 0 Å². The van der Waals surface area contributed by atoms with Crippen LogP contribution in [-0.2, 0) is 4.29 Å². The SMILES string of the molecule is CC.CN=C(OCl)c1ccc(C)cc1C. The summed E-state index contributed by atoms with van der Waals surface area (Å²) in [6, 6.07) is 6.02. The Morgan fingerprint density at radius 1 is 1.27 bits per heavy atom. The van der Waals surface area contributed by atoms with Crippen LogP contribution in [0.15, 0.2) is 23.2 Å². The fraction of sp³-hybridized carbons (Fsp3) is 0.417. The molecule has 0 amide bonds. The van der Waals surface area contributed by atoms with E-state index < -0.39 is 0 Å². The molecule has 0 saturated heterocycles. The monoisotopic (exact) mass is 227 g/mol. The molecule has 0 bridgehead atoms. The standard InChI is InChI=1S/C10H12ClNO.C2H6/c1-7-4-5-9(8(2)6-7)10(12-3)13-11;1-2/h4-6H,1-3H3;1-2H3. The number of hydrogen-bond acceptors (Lipinski definition) is 2. The van der Waals surface area contributed by atoms with Gasteiger partial charge in [-0.3, -0.25) is 4.99 Å². The van der Waals surface area contributed by atoms with Crippen molar-refractivity contribution in [2.45, 2.75) is 27.7 Å². The Morgan fingerprint density at radius 3 is 2.27 bits per heavy atom. The van der Waals surface area contributed by atoms with Crippen molar-refractivity contribution in [3.05, 3.63) is 34.9 Å². The van der Waals surface area contributed by atoms with Gasteiger partial charge >= 0.3 is 0 Å². The molecule has 2 nitrogen and oxygen atoms in total. The van der Waals surface area contributed by atoms with Crippen molar-refractivity contribution < 1.29 is 4.29 Å². The zero-order chi connectivity index (χ0) is 11.8. The average molecular weight is 228 g/mol. The minimum atomic E-state index is 0.458. The molecular formula is C12H18ClNO. The summed E-state index contributed by atoms with van der Waals surface area (Å²) in [5.41, 5.74) is 3.26. The lowest BCUT2D eigenvalue weighted by molar-refractivity contribution is 0.615. The summed E-state index contributed by atoms with van der Waals surface area (Å²) in [4.78, 5) is 3.93. The van der Waals surface area contributed by atoms with Crippen molar-refractivity contribution in [3.63, 3.8) is 0 Å². The molecule has 15 heavy (non-hydrogen) atoms. The van der Waals surface area contributed by atoms with E-state index in [1.165, 1.54) is 5.56 Å². The predicted molar refractivity (Wildman–Crippen MR) is 66.7 cm³/mol. The third-order valence-electron chi connectivity index (χ3n) is 1.89. The summed E-state index contributed by atoms with van der Waals surface area (Å²) < 4.78 is 4.63. The van der Waals surface area contributed by atoms with Crippen LogP contribution < -0.4 is 0 Å². The van der Waals surface area contributed by atoms with Gasteiger partial charge in [-0.25, -0.2) is 0 Å². The topological polar surface area (TPSA) is 21.6 Å². The summed E-state index contributed by atoms with van der Waals surface area (Å²) in [5, 5.41) is 0. The van der Waals surface area contributed by atoms with E-state index in [2.05, 4.69) is 15.3 Å². The van der Waals surface area contributed by atoms with Gasteiger partial charge in [0.25, 0.3) is 0 Å². The largest absolute Gasteiger partial charge is 0.365 e. The van der Waals surface area contributed by atoms with E-state index in [4.69, 9.17) is 11.9 Å². The van der Waals surface area contributed by atoms with Crippen LogP contribution >= 0.6 is 11.9 Å². The molecule has 84 valence electrons. The number of benzene rings is 1. The lowest BCUT2D eigenvalue weighted by Gasteiger charge is -2.05. The molecule has 0 radical (unpaired) electrons. The van der Waals surface area contributed by atoms with Gasteiger partial charge in [-0.2, -0.15) is 0 Å². The fourth-order valence-corrected chi connectivity index (χ4v) is 1.40. The van der Waals surface area contributed by atoms with Crippen LogP contribution in [0.25, 0.3) is 0 Å². The van der Waals surface area contributed by atoms with Gasteiger partial charge in [0.2, 0.25) is 5.90 Å². The van der Waals surface area contributed by atoms with Gasteiger partial charge < -0.3 is 4.29 Å². The number of hydrogen-bond donors (Lipinski definition) is 0. The highest BCUT2D eigenvalue weighted by Gasteiger charge is 2.06. The van der Waals surface area contributed by atoms with E-state index in [1.54, 1.807) is 7.05 Å². The average Bonchev–Trinajstić information content (AvgIpc) is 2.25. The van der Waals surface area contributed by atoms with Gasteiger partial charge in [-0.05, 0) is 25.5 Å². The van der Waals surface area contributed by atoms with Gasteiger partial charge in [0.1, 0.15) is 11.9 Å². The predicted octanol–water partition coefficient (Wildman–Crippen LogP) is 3.88. The Kier molecular flexibility index (Phi) is 6.80. The van der Waals surface area contributed by atoms with Crippen molar-refractivity contribution in [3.8, 4) is 0 Å². The lowest BCUT2D eigenvalue weighted by Crippen LogP contribution is -2.02. The van der Waals surface area contributed by atoms with Crippen LogP contribution in [0.2, 0.25) is 0 Å². The molecule has 0 aliphatic rings. The van der Waals surface area contributed by atoms with Crippen molar-refractivity contribution >= 4 is 17.8 Å². The normalized spacial score (nSPS) is 10.4. The second-order valence-corrected chi connectivity index (χ2v) is 3.08. The summed E-state index contributed by atoms with van der Waals surface area (Å²) in [5.74, 6) is 0.458. The molecule has 0 aliphatic carbocycles. The number of aliphatic imine (C=N–C) groups is 1. The molecule has 1 aromatic rings. The molecule has 3 heteroatoms. The Bertz CT molecular complexity index is 334. The molecule has 1 aromatic carbocycles. The Balaban J connectivity index is 0.000000921. The van der Waals surface area contributed by atoms with E-state index in [-0.39, 0.29) is 0 Å². The molecule has 0 spiro atoms. The first kappa shape index (κ1) is 14.0. The maximum Gasteiger partial charge on any atom is 0.239 e. The Hall–Kier alpha value is -1.02. The lowest BCUT2D eigenvalue weighted by atomic mass is 10.1. The molecule has 0 heterocycles. The summed E-state index contributed by atoms with van der Waals surface area (Å²) in [7, 11) is 1.65. The zero-order valence-electron chi connectivity index (χ0n) is 9.97. The van der Waals surface area contributed by atoms with E-state index in [0.29, 0.717) is 5.90 Å². The molecule has 0 unspecified atom stereocenters. The van der Waals surface area contributed by atoms with Gasteiger partial charge in [-0.1, -0.05) is 31.5 Å². The van der Waals surface area contributed by atoms with E-state index in [0.717, 1.165) is 11.1 Å². The number of rotatable bonds is 1. The molecule has 0 atom stereocenters. The maximum atomic E-state index is 5.28. The van der Waals surface area contributed by atoms with Gasteiger partial charge in [0.05, 0.1) is 0 Å². The smallest absolute Gasteiger partial charge is 0.239 e. The fourth-order valence-electron chi connectivity index (χ4n) is 1.25.